The summed E-state index contributed by atoms with van der Waals surface area (Å²) < 4.78 is 11.6. The average molecular weight is 194 g/mol. The highest BCUT2D eigenvalue weighted by molar-refractivity contribution is 5.17. The lowest BCUT2D eigenvalue weighted by molar-refractivity contribution is -0.232. The Bertz CT molecular complexity index is 259. The van der Waals surface area contributed by atoms with E-state index in [1.54, 1.807) is 0 Å². The highest BCUT2D eigenvalue weighted by Crippen LogP contribution is 2.56. The summed E-state index contributed by atoms with van der Waals surface area (Å²) >= 11 is 0. The fraction of sp³-hybridized carbons (Fsp3) is 0.833. The number of hydrogen-bond donors (Lipinski definition) is 0. The van der Waals surface area contributed by atoms with Crippen molar-refractivity contribution < 1.29 is 9.47 Å². The molecule has 2 nitrogen and oxygen atoms in total. The molecule has 2 fully saturated rings. The Morgan fingerprint density at radius 1 is 1.21 bits per heavy atom. The van der Waals surface area contributed by atoms with E-state index in [0.717, 1.165) is 25.0 Å². The van der Waals surface area contributed by atoms with E-state index in [0.29, 0.717) is 5.92 Å². The molecular weight excluding hydrogens is 176 g/mol. The molecule has 0 spiro atoms. The molecule has 78 valence electrons. The summed E-state index contributed by atoms with van der Waals surface area (Å²) in [6, 6.07) is 0. The minimum Gasteiger partial charge on any atom is -0.352 e. The highest BCUT2D eigenvalue weighted by atomic mass is 16.7. The van der Waals surface area contributed by atoms with E-state index in [9.17, 15) is 0 Å². The second-order valence-corrected chi connectivity index (χ2v) is 5.64. The van der Waals surface area contributed by atoms with Gasteiger partial charge < -0.3 is 9.47 Å². The van der Waals surface area contributed by atoms with E-state index < -0.39 is 0 Å². The van der Waals surface area contributed by atoms with Crippen molar-refractivity contribution in [2.45, 2.75) is 26.6 Å². The van der Waals surface area contributed by atoms with Crippen molar-refractivity contribution in [3.63, 3.8) is 0 Å². The Morgan fingerprint density at radius 3 is 2.50 bits per heavy atom. The number of rotatable bonds is 1. The predicted octanol–water partition coefficient (Wildman–Crippen LogP) is 2.21. The summed E-state index contributed by atoms with van der Waals surface area (Å²) in [5.74, 6) is 2.26. The first kappa shape index (κ1) is 8.93. The molecule has 2 heteroatoms. The van der Waals surface area contributed by atoms with Crippen LogP contribution in [0, 0.1) is 23.2 Å². The van der Waals surface area contributed by atoms with Gasteiger partial charge in [0.1, 0.15) is 0 Å². The van der Waals surface area contributed by atoms with Crippen LogP contribution >= 0.6 is 0 Å². The fourth-order valence-electron chi connectivity index (χ4n) is 2.72. The van der Waals surface area contributed by atoms with Gasteiger partial charge in [0.15, 0.2) is 6.29 Å². The maximum absolute atomic E-state index is 5.80. The third-order valence-electron chi connectivity index (χ3n) is 3.65. The Balaban J connectivity index is 1.59. The van der Waals surface area contributed by atoms with Crippen LogP contribution in [0.25, 0.3) is 0 Å². The molecule has 1 heterocycles. The van der Waals surface area contributed by atoms with E-state index in [2.05, 4.69) is 26.0 Å². The van der Waals surface area contributed by atoms with Gasteiger partial charge in [0.2, 0.25) is 0 Å². The topological polar surface area (TPSA) is 18.5 Å². The average Bonchev–Trinajstić information content (AvgIpc) is 2.63. The van der Waals surface area contributed by atoms with Crippen LogP contribution in [-0.4, -0.2) is 19.5 Å². The molecule has 0 N–H and O–H groups in total. The van der Waals surface area contributed by atoms with Crippen LogP contribution in [0.2, 0.25) is 0 Å². The number of ether oxygens (including phenoxy) is 2. The molecule has 0 radical (unpaired) electrons. The molecule has 0 unspecified atom stereocenters. The molecule has 1 saturated carbocycles. The standard InChI is InChI=1S/C12H18O2/c1-12(2)6-13-11(14-7-12)10-8-4-3-5-9(8)10/h3-4,8-11H,5-7H2,1-2H3/t8-,9+,10+/m0/s1. The minimum absolute atomic E-state index is 0.0861. The zero-order valence-electron chi connectivity index (χ0n) is 8.90. The summed E-state index contributed by atoms with van der Waals surface area (Å²) in [5.41, 5.74) is 0.205. The molecule has 0 aromatic rings. The molecule has 0 bridgehead atoms. The molecule has 0 aromatic carbocycles. The van der Waals surface area contributed by atoms with Crippen LogP contribution in [0.4, 0.5) is 0 Å². The number of hydrogen-bond acceptors (Lipinski definition) is 2. The third kappa shape index (κ3) is 1.32. The van der Waals surface area contributed by atoms with Gasteiger partial charge in [-0.15, -0.1) is 0 Å². The van der Waals surface area contributed by atoms with Gasteiger partial charge in [-0.2, -0.15) is 0 Å². The summed E-state index contributed by atoms with van der Waals surface area (Å²) in [7, 11) is 0. The maximum Gasteiger partial charge on any atom is 0.161 e. The Labute approximate surface area is 85.3 Å². The minimum atomic E-state index is 0.0861. The van der Waals surface area contributed by atoms with Crippen LogP contribution in [-0.2, 0) is 9.47 Å². The molecular formula is C12H18O2. The second-order valence-electron chi connectivity index (χ2n) is 5.64. The van der Waals surface area contributed by atoms with Crippen molar-refractivity contribution in [1.29, 1.82) is 0 Å². The van der Waals surface area contributed by atoms with E-state index in [4.69, 9.17) is 9.47 Å². The Kier molecular flexibility index (Phi) is 1.80. The second kappa shape index (κ2) is 2.83. The van der Waals surface area contributed by atoms with Gasteiger partial charge in [0, 0.05) is 11.3 Å². The van der Waals surface area contributed by atoms with Gasteiger partial charge >= 0.3 is 0 Å². The van der Waals surface area contributed by atoms with Crippen molar-refractivity contribution >= 4 is 0 Å². The molecule has 14 heavy (non-hydrogen) atoms. The molecule has 0 amide bonds. The van der Waals surface area contributed by atoms with Crippen LogP contribution in [0.15, 0.2) is 12.2 Å². The molecule has 1 aliphatic heterocycles. The SMILES string of the molecule is CC1(C)COC([C@@H]2[C@H]3C=CC[C@H]32)OC1. The van der Waals surface area contributed by atoms with Crippen LogP contribution in [0.5, 0.6) is 0 Å². The zero-order chi connectivity index (χ0) is 9.76. The highest BCUT2D eigenvalue weighted by Gasteiger charge is 2.56. The van der Waals surface area contributed by atoms with Gasteiger partial charge in [-0.1, -0.05) is 26.0 Å². The van der Waals surface area contributed by atoms with Gasteiger partial charge in [-0.05, 0) is 18.3 Å². The molecule has 3 rings (SSSR count). The summed E-state index contributed by atoms with van der Waals surface area (Å²) in [5, 5.41) is 0. The molecule has 3 atom stereocenters. The van der Waals surface area contributed by atoms with E-state index in [1.807, 2.05) is 0 Å². The van der Waals surface area contributed by atoms with Crippen LogP contribution in [0.1, 0.15) is 20.3 Å². The van der Waals surface area contributed by atoms with Crippen molar-refractivity contribution in [3.05, 3.63) is 12.2 Å². The number of allylic oxidation sites excluding steroid dienone is 2. The van der Waals surface area contributed by atoms with E-state index in [1.165, 1.54) is 6.42 Å². The first-order valence-electron chi connectivity index (χ1n) is 5.57. The normalized spacial score (nSPS) is 45.1. The number of fused-ring (bicyclic) bond motifs is 1. The van der Waals surface area contributed by atoms with Crippen LogP contribution in [0.3, 0.4) is 0 Å². The van der Waals surface area contributed by atoms with Crippen molar-refractivity contribution in [3.8, 4) is 0 Å². The molecule has 2 aliphatic carbocycles. The first-order chi connectivity index (χ1) is 6.67. The van der Waals surface area contributed by atoms with Gasteiger partial charge in [-0.3, -0.25) is 0 Å². The Morgan fingerprint density at radius 2 is 1.93 bits per heavy atom. The van der Waals surface area contributed by atoms with Crippen molar-refractivity contribution in [2.24, 2.45) is 23.2 Å². The van der Waals surface area contributed by atoms with Gasteiger partial charge in [0.25, 0.3) is 0 Å². The Hall–Kier alpha value is -0.340. The fourth-order valence-corrected chi connectivity index (χ4v) is 2.72. The van der Waals surface area contributed by atoms with Crippen LogP contribution < -0.4 is 0 Å². The van der Waals surface area contributed by atoms with Crippen molar-refractivity contribution in [1.82, 2.24) is 0 Å². The molecule has 1 saturated heterocycles. The maximum atomic E-state index is 5.80. The quantitative estimate of drug-likeness (QED) is 0.596. The summed E-state index contributed by atoms with van der Waals surface area (Å²) in [6.45, 7) is 6.07. The summed E-state index contributed by atoms with van der Waals surface area (Å²) in [6.07, 6.45) is 5.95. The third-order valence-corrected chi connectivity index (χ3v) is 3.65. The first-order valence-corrected chi connectivity index (χ1v) is 5.57. The monoisotopic (exact) mass is 194 g/mol. The largest absolute Gasteiger partial charge is 0.352 e. The molecule has 0 aromatic heterocycles. The lowest BCUT2D eigenvalue weighted by Gasteiger charge is -2.35. The van der Waals surface area contributed by atoms with Crippen molar-refractivity contribution in [2.75, 3.05) is 13.2 Å². The lowest BCUT2D eigenvalue weighted by atomic mass is 9.95. The predicted molar refractivity (Wildman–Crippen MR) is 53.7 cm³/mol. The lowest BCUT2D eigenvalue weighted by Crippen LogP contribution is -2.39. The summed E-state index contributed by atoms with van der Waals surface area (Å²) in [4.78, 5) is 0. The van der Waals surface area contributed by atoms with Gasteiger partial charge in [-0.25, -0.2) is 0 Å². The van der Waals surface area contributed by atoms with Gasteiger partial charge in [0.05, 0.1) is 13.2 Å². The zero-order valence-corrected chi connectivity index (χ0v) is 8.90. The molecule has 3 aliphatic rings. The van der Waals surface area contributed by atoms with E-state index >= 15 is 0 Å². The smallest absolute Gasteiger partial charge is 0.161 e. The van der Waals surface area contributed by atoms with E-state index in [-0.39, 0.29) is 11.7 Å².